The number of hydrogen-bond donors (Lipinski definition) is 2. The van der Waals surface area contributed by atoms with Crippen LogP contribution < -0.4 is 10.0 Å². The van der Waals surface area contributed by atoms with E-state index in [0.29, 0.717) is 16.9 Å². The highest BCUT2D eigenvalue weighted by Crippen LogP contribution is 2.25. The summed E-state index contributed by atoms with van der Waals surface area (Å²) in [5, 5.41) is 2.79. The van der Waals surface area contributed by atoms with Crippen molar-refractivity contribution in [3.05, 3.63) is 87.4 Å². The molecule has 0 saturated heterocycles. The lowest BCUT2D eigenvalue weighted by Crippen LogP contribution is -2.17. The van der Waals surface area contributed by atoms with Crippen molar-refractivity contribution in [1.82, 2.24) is 0 Å². The molecule has 7 heteroatoms. The van der Waals surface area contributed by atoms with Crippen molar-refractivity contribution in [2.45, 2.75) is 25.7 Å². The summed E-state index contributed by atoms with van der Waals surface area (Å²) in [6.07, 6.45) is 0. The molecule has 2 N–H and O–H groups in total. The van der Waals surface area contributed by atoms with Crippen LogP contribution in [0.4, 0.5) is 11.4 Å². The highest BCUT2D eigenvalue weighted by molar-refractivity contribution is 9.10. The van der Waals surface area contributed by atoms with Crippen LogP contribution in [-0.4, -0.2) is 14.3 Å². The first kappa shape index (κ1) is 21.1. The fourth-order valence-electron chi connectivity index (χ4n) is 2.83. The number of aryl methyl sites for hydroxylation is 3. The lowest BCUT2D eigenvalue weighted by molar-refractivity contribution is 0.102. The SMILES string of the molecule is Cc1ccc(C)c(NS(=O)(=O)c2cc(C(=O)Nc3ccccc3Br)ccc2C)c1. The van der Waals surface area contributed by atoms with Crippen LogP contribution in [0, 0.1) is 20.8 Å². The van der Waals surface area contributed by atoms with E-state index in [-0.39, 0.29) is 16.4 Å². The molecule has 29 heavy (non-hydrogen) atoms. The number of carbonyl (C=O) groups is 1. The minimum absolute atomic E-state index is 0.0678. The van der Waals surface area contributed by atoms with Gasteiger partial charge in [-0.05, 0) is 83.7 Å². The van der Waals surface area contributed by atoms with Crippen LogP contribution >= 0.6 is 15.9 Å². The predicted molar refractivity (Wildman–Crippen MR) is 120 cm³/mol. The molecule has 1 amide bonds. The van der Waals surface area contributed by atoms with Gasteiger partial charge in [0.15, 0.2) is 0 Å². The van der Waals surface area contributed by atoms with Crippen LogP contribution in [-0.2, 0) is 10.0 Å². The Bertz CT molecular complexity index is 1190. The topological polar surface area (TPSA) is 75.3 Å². The fraction of sp³-hybridized carbons (Fsp3) is 0.136. The summed E-state index contributed by atoms with van der Waals surface area (Å²) >= 11 is 3.38. The molecular formula is C22H21BrN2O3S. The normalized spacial score (nSPS) is 11.2. The summed E-state index contributed by atoms with van der Waals surface area (Å²) in [5.41, 5.74) is 3.71. The quantitative estimate of drug-likeness (QED) is 0.519. The standard InChI is InChI=1S/C22H21BrN2O3S/c1-14-8-9-15(2)20(12-14)25-29(27,28)21-13-17(11-10-16(21)3)22(26)24-19-7-5-4-6-18(19)23/h4-13,25H,1-3H3,(H,24,26). The molecule has 5 nitrogen and oxygen atoms in total. The molecule has 0 bridgehead atoms. The average Bonchev–Trinajstić information content (AvgIpc) is 2.66. The van der Waals surface area contributed by atoms with Crippen LogP contribution in [0.3, 0.4) is 0 Å². The first-order chi connectivity index (χ1) is 13.7. The Morgan fingerprint density at radius 1 is 0.862 bits per heavy atom. The van der Waals surface area contributed by atoms with Gasteiger partial charge in [0, 0.05) is 10.0 Å². The summed E-state index contributed by atoms with van der Waals surface area (Å²) in [6, 6.07) is 17.4. The minimum atomic E-state index is -3.86. The van der Waals surface area contributed by atoms with Crippen molar-refractivity contribution in [2.75, 3.05) is 10.0 Å². The Kier molecular flexibility index (Phi) is 6.10. The Morgan fingerprint density at radius 2 is 1.55 bits per heavy atom. The maximum absolute atomic E-state index is 13.0. The number of benzene rings is 3. The zero-order valence-electron chi connectivity index (χ0n) is 16.3. The number of anilines is 2. The van der Waals surface area contributed by atoms with Gasteiger partial charge >= 0.3 is 0 Å². The Balaban J connectivity index is 1.93. The third-order valence-corrected chi connectivity index (χ3v) is 6.70. The summed E-state index contributed by atoms with van der Waals surface area (Å²) in [6.45, 7) is 5.44. The van der Waals surface area contributed by atoms with Crippen molar-refractivity contribution in [1.29, 1.82) is 0 Å². The lowest BCUT2D eigenvalue weighted by atomic mass is 10.1. The first-order valence-electron chi connectivity index (χ1n) is 8.94. The predicted octanol–water partition coefficient (Wildman–Crippen LogP) is 5.43. The van der Waals surface area contributed by atoms with Crippen LogP contribution in [0.2, 0.25) is 0 Å². The largest absolute Gasteiger partial charge is 0.321 e. The zero-order chi connectivity index (χ0) is 21.2. The molecule has 0 aliphatic heterocycles. The molecule has 0 fully saturated rings. The van der Waals surface area contributed by atoms with E-state index in [2.05, 4.69) is 26.0 Å². The van der Waals surface area contributed by atoms with E-state index in [0.717, 1.165) is 15.6 Å². The van der Waals surface area contributed by atoms with Gasteiger partial charge < -0.3 is 5.32 Å². The lowest BCUT2D eigenvalue weighted by Gasteiger charge is -2.14. The number of para-hydroxylation sites is 1. The van der Waals surface area contributed by atoms with E-state index >= 15 is 0 Å². The van der Waals surface area contributed by atoms with Gasteiger partial charge in [0.25, 0.3) is 15.9 Å². The summed E-state index contributed by atoms with van der Waals surface area (Å²) in [4.78, 5) is 12.7. The van der Waals surface area contributed by atoms with E-state index in [1.165, 1.54) is 6.07 Å². The molecule has 0 saturated carbocycles. The second kappa shape index (κ2) is 8.39. The number of nitrogens with one attached hydrogen (secondary N) is 2. The van der Waals surface area contributed by atoms with Crippen molar-refractivity contribution in [2.24, 2.45) is 0 Å². The zero-order valence-corrected chi connectivity index (χ0v) is 18.7. The maximum Gasteiger partial charge on any atom is 0.262 e. The summed E-state index contributed by atoms with van der Waals surface area (Å²) in [5.74, 6) is -0.389. The molecule has 0 spiro atoms. The number of halogens is 1. The van der Waals surface area contributed by atoms with Gasteiger partial charge in [-0.25, -0.2) is 8.42 Å². The number of hydrogen-bond acceptors (Lipinski definition) is 3. The highest BCUT2D eigenvalue weighted by atomic mass is 79.9. The molecule has 3 aromatic carbocycles. The molecule has 3 aromatic rings. The van der Waals surface area contributed by atoms with Gasteiger partial charge in [0.2, 0.25) is 0 Å². The molecule has 150 valence electrons. The third-order valence-electron chi connectivity index (χ3n) is 4.50. The fourth-order valence-corrected chi connectivity index (χ4v) is 4.61. The Labute approximate surface area is 179 Å². The average molecular weight is 473 g/mol. The molecule has 0 aliphatic carbocycles. The van der Waals surface area contributed by atoms with E-state index in [4.69, 9.17) is 0 Å². The molecular weight excluding hydrogens is 452 g/mol. The van der Waals surface area contributed by atoms with Crippen molar-refractivity contribution >= 4 is 43.2 Å². The maximum atomic E-state index is 13.0. The van der Waals surface area contributed by atoms with Gasteiger partial charge in [-0.2, -0.15) is 0 Å². The third kappa shape index (κ3) is 4.86. The second-order valence-corrected chi connectivity index (χ2v) is 9.34. The Morgan fingerprint density at radius 3 is 2.28 bits per heavy atom. The number of rotatable bonds is 5. The van der Waals surface area contributed by atoms with Crippen molar-refractivity contribution < 1.29 is 13.2 Å². The minimum Gasteiger partial charge on any atom is -0.321 e. The molecule has 0 unspecified atom stereocenters. The van der Waals surface area contributed by atoms with Crippen LogP contribution in [0.5, 0.6) is 0 Å². The van der Waals surface area contributed by atoms with Gasteiger partial charge in [-0.15, -0.1) is 0 Å². The van der Waals surface area contributed by atoms with Crippen molar-refractivity contribution in [3.8, 4) is 0 Å². The highest BCUT2D eigenvalue weighted by Gasteiger charge is 2.20. The van der Waals surface area contributed by atoms with E-state index < -0.39 is 10.0 Å². The van der Waals surface area contributed by atoms with E-state index in [9.17, 15) is 13.2 Å². The van der Waals surface area contributed by atoms with E-state index in [1.807, 2.05) is 38.1 Å². The molecule has 0 atom stereocenters. The smallest absolute Gasteiger partial charge is 0.262 e. The van der Waals surface area contributed by atoms with Gasteiger partial charge in [0.05, 0.1) is 16.3 Å². The van der Waals surface area contributed by atoms with E-state index in [1.54, 1.807) is 37.3 Å². The molecule has 3 rings (SSSR count). The van der Waals surface area contributed by atoms with Gasteiger partial charge in [-0.1, -0.05) is 30.3 Å². The molecule has 0 radical (unpaired) electrons. The molecule has 0 aromatic heterocycles. The summed E-state index contributed by atoms with van der Waals surface area (Å²) in [7, 11) is -3.86. The van der Waals surface area contributed by atoms with Crippen LogP contribution in [0.15, 0.2) is 70.0 Å². The molecule has 0 aliphatic rings. The molecule has 0 heterocycles. The monoisotopic (exact) mass is 472 g/mol. The Hall–Kier alpha value is -2.64. The van der Waals surface area contributed by atoms with Crippen LogP contribution in [0.1, 0.15) is 27.0 Å². The second-order valence-electron chi connectivity index (χ2n) is 6.84. The number of carbonyl (C=O) groups excluding carboxylic acids is 1. The van der Waals surface area contributed by atoms with Crippen molar-refractivity contribution in [3.63, 3.8) is 0 Å². The first-order valence-corrected chi connectivity index (χ1v) is 11.2. The summed E-state index contributed by atoms with van der Waals surface area (Å²) < 4.78 is 29.4. The number of amides is 1. The van der Waals surface area contributed by atoms with Crippen LogP contribution in [0.25, 0.3) is 0 Å². The van der Waals surface area contributed by atoms with Gasteiger partial charge in [0.1, 0.15) is 0 Å². The van der Waals surface area contributed by atoms with Gasteiger partial charge in [-0.3, -0.25) is 9.52 Å². The number of sulfonamides is 1.